The summed E-state index contributed by atoms with van der Waals surface area (Å²) in [5.74, 6) is 1.46. The first-order valence-corrected chi connectivity index (χ1v) is 3.93. The van der Waals surface area contributed by atoms with Crippen molar-refractivity contribution >= 4 is 0 Å². The van der Waals surface area contributed by atoms with Crippen LogP contribution >= 0.6 is 0 Å². The molecule has 1 aromatic rings. The Kier molecular flexibility index (Phi) is 1.33. The first-order valence-electron chi connectivity index (χ1n) is 3.93. The highest BCUT2D eigenvalue weighted by Crippen LogP contribution is 2.45. The maximum Gasteiger partial charge on any atom is 0.151 e. The average Bonchev–Trinajstić information content (AvgIpc) is 2.61. The van der Waals surface area contributed by atoms with Crippen LogP contribution in [0.1, 0.15) is 19.6 Å². The molecule has 1 unspecified atom stereocenters. The van der Waals surface area contributed by atoms with Crippen molar-refractivity contribution in [2.75, 3.05) is 6.61 Å². The van der Waals surface area contributed by atoms with Crippen molar-refractivity contribution in [1.82, 2.24) is 0 Å². The Balaban J connectivity index is 2.29. The zero-order valence-electron chi connectivity index (χ0n) is 6.83. The number of rotatable bonds is 2. The van der Waals surface area contributed by atoms with Crippen molar-refractivity contribution in [3.63, 3.8) is 0 Å². The van der Waals surface area contributed by atoms with Gasteiger partial charge in [0, 0.05) is 0 Å². The van der Waals surface area contributed by atoms with E-state index < -0.39 is 0 Å². The quantitative estimate of drug-likeness (QED) is 0.607. The molecule has 0 spiro atoms. The summed E-state index contributed by atoms with van der Waals surface area (Å²) in [4.78, 5) is 0. The largest absolute Gasteiger partial charge is 0.466 e. The second kappa shape index (κ2) is 2.11. The van der Waals surface area contributed by atoms with E-state index in [-0.39, 0.29) is 5.60 Å². The lowest BCUT2D eigenvalue weighted by atomic mass is 9.94. The van der Waals surface area contributed by atoms with Crippen molar-refractivity contribution < 1.29 is 9.15 Å². The molecular weight excluding hydrogens is 140 g/mol. The Morgan fingerprint density at radius 1 is 1.55 bits per heavy atom. The van der Waals surface area contributed by atoms with Gasteiger partial charge in [0.25, 0.3) is 0 Å². The van der Waals surface area contributed by atoms with Crippen LogP contribution in [0.15, 0.2) is 22.8 Å². The Bertz CT molecular complexity index is 232. The summed E-state index contributed by atoms with van der Waals surface area (Å²) in [6.45, 7) is 5.10. The molecule has 0 saturated carbocycles. The van der Waals surface area contributed by atoms with Crippen molar-refractivity contribution in [1.29, 1.82) is 0 Å². The molecule has 1 aliphatic rings. The topological polar surface area (TPSA) is 25.7 Å². The fourth-order valence-electron chi connectivity index (χ4n) is 1.36. The minimum atomic E-state index is -0.0938. The minimum Gasteiger partial charge on any atom is -0.466 e. The van der Waals surface area contributed by atoms with Gasteiger partial charge in [-0.3, -0.25) is 0 Å². The second-order valence-electron chi connectivity index (χ2n) is 3.31. The third-order valence-electron chi connectivity index (χ3n) is 2.33. The van der Waals surface area contributed by atoms with Gasteiger partial charge in [0.1, 0.15) is 5.76 Å². The van der Waals surface area contributed by atoms with E-state index in [1.165, 1.54) is 0 Å². The van der Waals surface area contributed by atoms with Crippen molar-refractivity contribution in [3.8, 4) is 0 Å². The first kappa shape index (κ1) is 6.92. The normalized spacial score (nSPS) is 29.4. The van der Waals surface area contributed by atoms with Crippen molar-refractivity contribution in [3.05, 3.63) is 24.2 Å². The van der Waals surface area contributed by atoms with Crippen LogP contribution in [0.5, 0.6) is 0 Å². The molecule has 0 amide bonds. The summed E-state index contributed by atoms with van der Waals surface area (Å²) in [5.41, 5.74) is -0.0938. The van der Waals surface area contributed by atoms with Crippen molar-refractivity contribution in [2.45, 2.75) is 19.4 Å². The van der Waals surface area contributed by atoms with Crippen molar-refractivity contribution in [2.24, 2.45) is 5.92 Å². The van der Waals surface area contributed by atoms with Crippen LogP contribution in [0, 0.1) is 5.92 Å². The van der Waals surface area contributed by atoms with E-state index in [2.05, 4.69) is 13.8 Å². The summed E-state index contributed by atoms with van der Waals surface area (Å²) in [6.07, 6.45) is 1.70. The van der Waals surface area contributed by atoms with E-state index in [0.29, 0.717) is 5.92 Å². The molecule has 2 heteroatoms. The molecule has 2 heterocycles. The molecule has 11 heavy (non-hydrogen) atoms. The molecule has 1 aliphatic heterocycles. The van der Waals surface area contributed by atoms with E-state index in [9.17, 15) is 0 Å². The van der Waals surface area contributed by atoms with E-state index in [1.54, 1.807) is 6.26 Å². The third-order valence-corrected chi connectivity index (χ3v) is 2.33. The molecule has 60 valence electrons. The molecule has 2 nitrogen and oxygen atoms in total. The Morgan fingerprint density at radius 2 is 2.27 bits per heavy atom. The van der Waals surface area contributed by atoms with E-state index in [4.69, 9.17) is 9.15 Å². The maximum absolute atomic E-state index is 5.41. The lowest BCUT2D eigenvalue weighted by molar-refractivity contribution is 0.207. The molecule has 1 atom stereocenters. The summed E-state index contributed by atoms with van der Waals surface area (Å²) in [6, 6.07) is 3.88. The fraction of sp³-hybridized carbons (Fsp3) is 0.556. The molecule has 0 N–H and O–H groups in total. The van der Waals surface area contributed by atoms with Gasteiger partial charge < -0.3 is 9.15 Å². The lowest BCUT2D eigenvalue weighted by Gasteiger charge is -2.11. The van der Waals surface area contributed by atoms with Gasteiger partial charge in [0.15, 0.2) is 5.60 Å². The highest BCUT2D eigenvalue weighted by Gasteiger charge is 2.51. The predicted octanol–water partition coefficient (Wildman–Crippen LogP) is 2.16. The third kappa shape index (κ3) is 0.897. The molecule has 1 aromatic heterocycles. The summed E-state index contributed by atoms with van der Waals surface area (Å²) >= 11 is 0. The summed E-state index contributed by atoms with van der Waals surface area (Å²) < 4.78 is 10.7. The number of hydrogen-bond acceptors (Lipinski definition) is 2. The monoisotopic (exact) mass is 152 g/mol. The zero-order chi connectivity index (χ0) is 7.90. The lowest BCUT2D eigenvalue weighted by Crippen LogP contribution is -2.15. The van der Waals surface area contributed by atoms with E-state index in [0.717, 1.165) is 12.4 Å². The number of ether oxygens (including phenoxy) is 1. The van der Waals surface area contributed by atoms with Gasteiger partial charge in [-0.25, -0.2) is 0 Å². The predicted molar refractivity (Wildman–Crippen MR) is 41.2 cm³/mol. The van der Waals surface area contributed by atoms with Gasteiger partial charge in [-0.05, 0) is 18.1 Å². The Morgan fingerprint density at radius 3 is 2.64 bits per heavy atom. The molecule has 1 saturated heterocycles. The van der Waals surface area contributed by atoms with E-state index >= 15 is 0 Å². The van der Waals surface area contributed by atoms with Crippen LogP contribution in [0.3, 0.4) is 0 Å². The average molecular weight is 152 g/mol. The van der Waals surface area contributed by atoms with Crippen LogP contribution in [-0.4, -0.2) is 6.61 Å². The maximum atomic E-state index is 5.41. The molecule has 0 aromatic carbocycles. The standard InChI is InChI=1S/C9H12O2/c1-7(2)9(6-11-9)8-4-3-5-10-8/h3-5,7H,6H2,1-2H3. The number of epoxide rings is 1. The van der Waals surface area contributed by atoms with Gasteiger partial charge >= 0.3 is 0 Å². The van der Waals surface area contributed by atoms with E-state index in [1.807, 2.05) is 12.1 Å². The SMILES string of the molecule is CC(C)C1(c2ccco2)CO1. The van der Waals surface area contributed by atoms with Gasteiger partial charge in [-0.2, -0.15) is 0 Å². The molecule has 0 aliphatic carbocycles. The second-order valence-corrected chi connectivity index (χ2v) is 3.31. The molecule has 0 bridgehead atoms. The highest BCUT2D eigenvalue weighted by molar-refractivity contribution is 5.16. The first-order chi connectivity index (χ1) is 5.26. The summed E-state index contributed by atoms with van der Waals surface area (Å²) in [7, 11) is 0. The minimum absolute atomic E-state index is 0.0938. The van der Waals surface area contributed by atoms with Crippen LogP contribution in [0.25, 0.3) is 0 Å². The Labute approximate surface area is 66.2 Å². The molecule has 1 fully saturated rings. The molecule has 2 rings (SSSR count). The van der Waals surface area contributed by atoms with Gasteiger partial charge in [-0.15, -0.1) is 0 Å². The van der Waals surface area contributed by atoms with Gasteiger partial charge in [-0.1, -0.05) is 13.8 Å². The fourth-order valence-corrected chi connectivity index (χ4v) is 1.36. The smallest absolute Gasteiger partial charge is 0.151 e. The summed E-state index contributed by atoms with van der Waals surface area (Å²) in [5, 5.41) is 0. The van der Waals surface area contributed by atoms with Gasteiger partial charge in [0.2, 0.25) is 0 Å². The number of hydrogen-bond donors (Lipinski definition) is 0. The van der Waals surface area contributed by atoms with Crippen LogP contribution in [0.2, 0.25) is 0 Å². The van der Waals surface area contributed by atoms with Crippen LogP contribution in [-0.2, 0) is 10.3 Å². The zero-order valence-corrected chi connectivity index (χ0v) is 6.83. The highest BCUT2D eigenvalue weighted by atomic mass is 16.6. The van der Waals surface area contributed by atoms with Gasteiger partial charge in [0.05, 0.1) is 12.9 Å². The molecular formula is C9H12O2. The number of furan rings is 1. The van der Waals surface area contributed by atoms with Crippen LogP contribution < -0.4 is 0 Å². The van der Waals surface area contributed by atoms with Crippen LogP contribution in [0.4, 0.5) is 0 Å². The Hall–Kier alpha value is -0.760. The molecule has 0 radical (unpaired) electrons.